The zero-order chi connectivity index (χ0) is 19.8. The molecule has 0 spiro atoms. The molecule has 1 aliphatic heterocycles. The molecule has 1 amide bonds. The number of carbonyl (C=O) groups excluding carboxylic acids is 1. The Morgan fingerprint density at radius 3 is 2.86 bits per heavy atom. The number of hydrogen-bond donors (Lipinski definition) is 1. The molecule has 0 fully saturated rings. The molecule has 7 nitrogen and oxygen atoms in total. The fourth-order valence-corrected chi connectivity index (χ4v) is 4.47. The summed E-state index contributed by atoms with van der Waals surface area (Å²) in [7, 11) is 2.09. The van der Waals surface area contributed by atoms with Gasteiger partial charge in [-0.25, -0.2) is 9.67 Å². The molecule has 0 saturated carbocycles. The number of amides is 1. The summed E-state index contributed by atoms with van der Waals surface area (Å²) in [5.41, 5.74) is 2.91. The quantitative estimate of drug-likeness (QED) is 0.558. The van der Waals surface area contributed by atoms with Crippen molar-refractivity contribution in [3.8, 4) is 17.1 Å². The molecule has 1 aliphatic rings. The number of nitrogens with zero attached hydrogens (tertiary/aromatic N) is 4. The van der Waals surface area contributed by atoms with E-state index in [1.165, 1.54) is 16.2 Å². The third kappa shape index (κ3) is 3.48. The van der Waals surface area contributed by atoms with Gasteiger partial charge in [0.05, 0.1) is 17.6 Å². The second kappa shape index (κ2) is 7.31. The lowest BCUT2D eigenvalue weighted by Crippen LogP contribution is -2.25. The Labute approximate surface area is 171 Å². The highest BCUT2D eigenvalue weighted by molar-refractivity contribution is 7.15. The Kier molecular flexibility index (Phi) is 4.49. The molecule has 29 heavy (non-hydrogen) atoms. The number of furan rings is 1. The molecule has 0 unspecified atom stereocenters. The first-order chi connectivity index (χ1) is 14.2. The number of likely N-dealkylation sites (N-methyl/N-ethyl adjacent to an activating group) is 1. The average molecular weight is 405 g/mol. The lowest BCUT2D eigenvalue weighted by Gasteiger charge is -2.20. The highest BCUT2D eigenvalue weighted by Gasteiger charge is 2.22. The van der Waals surface area contributed by atoms with Gasteiger partial charge in [0.15, 0.2) is 10.9 Å². The van der Waals surface area contributed by atoms with Crippen LogP contribution >= 0.6 is 11.3 Å². The molecule has 0 saturated heterocycles. The van der Waals surface area contributed by atoms with E-state index in [1.54, 1.807) is 23.1 Å². The standard InChI is InChI=1S/C21H19N5O2S/c1-25-10-9-15-19(13-25)29-21(22-15)23-20(27)17-12-16(18-8-5-11-28-18)24-26(17)14-6-3-2-4-7-14/h2-8,11-12H,9-10,13H2,1H3,(H,22,23,27). The molecule has 146 valence electrons. The average Bonchev–Trinajstić information content (AvgIpc) is 3.47. The minimum atomic E-state index is -0.251. The first kappa shape index (κ1) is 17.8. The molecule has 0 radical (unpaired) electrons. The van der Waals surface area contributed by atoms with Gasteiger partial charge in [-0.05, 0) is 31.3 Å². The third-order valence-electron chi connectivity index (χ3n) is 4.86. The second-order valence-electron chi connectivity index (χ2n) is 6.97. The number of benzene rings is 1. The third-order valence-corrected chi connectivity index (χ3v) is 5.86. The van der Waals surface area contributed by atoms with Crippen LogP contribution in [0.5, 0.6) is 0 Å². The number of thiazole rings is 1. The van der Waals surface area contributed by atoms with Crippen molar-refractivity contribution < 1.29 is 9.21 Å². The van der Waals surface area contributed by atoms with Crippen LogP contribution in [0.15, 0.2) is 59.2 Å². The summed E-state index contributed by atoms with van der Waals surface area (Å²) in [5.74, 6) is 0.361. The largest absolute Gasteiger partial charge is 0.463 e. The number of anilines is 1. The Morgan fingerprint density at radius 1 is 1.21 bits per heavy atom. The van der Waals surface area contributed by atoms with Crippen LogP contribution in [0.2, 0.25) is 0 Å². The minimum absolute atomic E-state index is 0.251. The number of fused-ring (bicyclic) bond motifs is 1. The van der Waals surface area contributed by atoms with E-state index in [2.05, 4.69) is 27.3 Å². The SMILES string of the molecule is CN1CCc2nc(NC(=O)c3cc(-c4ccco4)nn3-c3ccccc3)sc2C1. The van der Waals surface area contributed by atoms with Gasteiger partial charge < -0.3 is 9.32 Å². The highest BCUT2D eigenvalue weighted by atomic mass is 32.1. The summed E-state index contributed by atoms with van der Waals surface area (Å²) >= 11 is 1.54. The first-order valence-corrected chi connectivity index (χ1v) is 10.2. The molecule has 5 rings (SSSR count). The van der Waals surface area contributed by atoms with Crippen LogP contribution in [0.25, 0.3) is 17.1 Å². The molecular weight excluding hydrogens is 386 g/mol. The van der Waals surface area contributed by atoms with E-state index < -0.39 is 0 Å². The predicted octanol–water partition coefficient (Wildman–Crippen LogP) is 3.83. The molecular formula is C21H19N5O2S. The summed E-state index contributed by atoms with van der Waals surface area (Å²) in [4.78, 5) is 21.2. The Bertz CT molecular complexity index is 1150. The Balaban J connectivity index is 1.49. The van der Waals surface area contributed by atoms with Crippen LogP contribution in [-0.4, -0.2) is 39.2 Å². The Morgan fingerprint density at radius 2 is 2.07 bits per heavy atom. The van der Waals surface area contributed by atoms with Gasteiger partial charge in [-0.1, -0.05) is 18.2 Å². The van der Waals surface area contributed by atoms with E-state index in [9.17, 15) is 4.79 Å². The molecule has 4 heterocycles. The number of hydrogen-bond acceptors (Lipinski definition) is 6. The van der Waals surface area contributed by atoms with E-state index in [4.69, 9.17) is 4.42 Å². The van der Waals surface area contributed by atoms with Crippen molar-refractivity contribution in [3.05, 3.63) is 71.1 Å². The smallest absolute Gasteiger partial charge is 0.276 e. The maximum absolute atomic E-state index is 13.1. The summed E-state index contributed by atoms with van der Waals surface area (Å²) in [5, 5.41) is 8.18. The van der Waals surface area contributed by atoms with Gasteiger partial charge in [0, 0.05) is 30.5 Å². The van der Waals surface area contributed by atoms with Gasteiger partial charge in [-0.3, -0.25) is 10.1 Å². The van der Waals surface area contributed by atoms with E-state index in [0.717, 1.165) is 30.9 Å². The summed E-state index contributed by atoms with van der Waals surface area (Å²) in [6, 6.07) is 14.9. The molecule has 3 aromatic heterocycles. The highest BCUT2D eigenvalue weighted by Crippen LogP contribution is 2.29. The monoisotopic (exact) mass is 405 g/mol. The molecule has 1 N–H and O–H groups in total. The van der Waals surface area contributed by atoms with E-state index >= 15 is 0 Å². The lowest BCUT2D eigenvalue weighted by atomic mass is 10.2. The molecule has 0 bridgehead atoms. The predicted molar refractivity (Wildman–Crippen MR) is 111 cm³/mol. The summed E-state index contributed by atoms with van der Waals surface area (Å²) in [6.07, 6.45) is 2.50. The van der Waals surface area contributed by atoms with Crippen molar-refractivity contribution in [3.63, 3.8) is 0 Å². The van der Waals surface area contributed by atoms with Crippen LogP contribution < -0.4 is 5.32 Å². The second-order valence-corrected chi connectivity index (χ2v) is 8.05. The molecule has 1 aromatic carbocycles. The fourth-order valence-electron chi connectivity index (χ4n) is 3.39. The maximum atomic E-state index is 13.1. The van der Waals surface area contributed by atoms with Gasteiger partial charge >= 0.3 is 0 Å². The number of rotatable bonds is 4. The van der Waals surface area contributed by atoms with Crippen LogP contribution in [0, 0.1) is 0 Å². The Hall–Kier alpha value is -3.23. The van der Waals surface area contributed by atoms with Crippen molar-refractivity contribution in [2.24, 2.45) is 0 Å². The maximum Gasteiger partial charge on any atom is 0.276 e. The van der Waals surface area contributed by atoms with Gasteiger partial charge in [0.2, 0.25) is 0 Å². The first-order valence-electron chi connectivity index (χ1n) is 9.35. The van der Waals surface area contributed by atoms with Crippen LogP contribution in [0.3, 0.4) is 0 Å². The number of nitrogens with one attached hydrogen (secondary N) is 1. The van der Waals surface area contributed by atoms with Crippen LogP contribution in [-0.2, 0) is 13.0 Å². The molecule has 8 heteroatoms. The zero-order valence-electron chi connectivity index (χ0n) is 15.8. The topological polar surface area (TPSA) is 76.2 Å². The van der Waals surface area contributed by atoms with E-state index in [0.29, 0.717) is 22.3 Å². The van der Waals surface area contributed by atoms with Gasteiger partial charge in [-0.2, -0.15) is 5.10 Å². The normalized spacial score (nSPS) is 14.0. The van der Waals surface area contributed by atoms with Crippen molar-refractivity contribution in [1.82, 2.24) is 19.7 Å². The molecule has 4 aromatic rings. The van der Waals surface area contributed by atoms with Crippen molar-refractivity contribution in [1.29, 1.82) is 0 Å². The fraction of sp³-hybridized carbons (Fsp3) is 0.190. The minimum Gasteiger partial charge on any atom is -0.463 e. The van der Waals surface area contributed by atoms with Gasteiger partial charge in [-0.15, -0.1) is 11.3 Å². The summed E-state index contributed by atoms with van der Waals surface area (Å²) in [6.45, 7) is 1.85. The van der Waals surface area contributed by atoms with Gasteiger partial charge in [0.25, 0.3) is 5.91 Å². The molecule has 0 aliphatic carbocycles. The van der Waals surface area contributed by atoms with Crippen molar-refractivity contribution in [2.45, 2.75) is 13.0 Å². The number of carbonyl (C=O) groups is 1. The number of aromatic nitrogens is 3. The van der Waals surface area contributed by atoms with E-state index in [-0.39, 0.29) is 5.91 Å². The number of para-hydroxylation sites is 1. The summed E-state index contributed by atoms with van der Waals surface area (Å²) < 4.78 is 7.10. The van der Waals surface area contributed by atoms with Gasteiger partial charge in [0.1, 0.15) is 11.4 Å². The van der Waals surface area contributed by atoms with Crippen molar-refractivity contribution in [2.75, 3.05) is 18.9 Å². The van der Waals surface area contributed by atoms with Crippen molar-refractivity contribution >= 4 is 22.4 Å². The van der Waals surface area contributed by atoms with E-state index in [1.807, 2.05) is 36.4 Å². The molecule has 0 atom stereocenters. The van der Waals surface area contributed by atoms with Crippen LogP contribution in [0.1, 0.15) is 21.1 Å². The lowest BCUT2D eigenvalue weighted by molar-refractivity contribution is 0.101. The van der Waals surface area contributed by atoms with Crippen LogP contribution in [0.4, 0.5) is 5.13 Å². The zero-order valence-corrected chi connectivity index (χ0v) is 16.6.